The van der Waals surface area contributed by atoms with Crippen LogP contribution in [0.4, 0.5) is 0 Å². The molecule has 18 heteroatoms. The van der Waals surface area contributed by atoms with Crippen molar-refractivity contribution in [3.8, 4) is 0 Å². The number of fused-ring (bicyclic) bond motifs is 1. The zero-order valence-corrected chi connectivity index (χ0v) is 42.4. The predicted molar refractivity (Wildman–Crippen MR) is 274 cm³/mol. The Balaban J connectivity index is 0.927. The molecule has 3 fully saturated rings. The Hall–Kier alpha value is -5.66. The fourth-order valence-corrected chi connectivity index (χ4v) is 11.2. The number of hydrogen-bond donors (Lipinski definition) is 5. The van der Waals surface area contributed by atoms with Crippen molar-refractivity contribution in [2.45, 2.75) is 146 Å². The van der Waals surface area contributed by atoms with E-state index in [9.17, 15) is 19.2 Å². The Labute approximate surface area is 422 Å². The summed E-state index contributed by atoms with van der Waals surface area (Å²) in [6.07, 6.45) is 7.03. The molecule has 8 rings (SSSR count). The summed E-state index contributed by atoms with van der Waals surface area (Å²) in [4.78, 5) is 66.1. The van der Waals surface area contributed by atoms with E-state index in [0.717, 1.165) is 53.3 Å². The van der Waals surface area contributed by atoms with Crippen LogP contribution in [0.15, 0.2) is 107 Å². The van der Waals surface area contributed by atoms with Gasteiger partial charge in [-0.3, -0.25) is 28.9 Å². The van der Waals surface area contributed by atoms with E-state index >= 15 is 0 Å². The maximum absolute atomic E-state index is 14.9. The summed E-state index contributed by atoms with van der Waals surface area (Å²) in [5.41, 5.74) is 12.4. The monoisotopic (exact) mass is 989 g/mol. The van der Waals surface area contributed by atoms with E-state index in [4.69, 9.17) is 10.5 Å². The van der Waals surface area contributed by atoms with Gasteiger partial charge in [-0.25, -0.2) is 10.4 Å². The number of ether oxygens (including phenoxy) is 1. The van der Waals surface area contributed by atoms with Gasteiger partial charge in [-0.1, -0.05) is 117 Å². The maximum Gasteiger partial charge on any atom is 0.248 e. The Bertz CT molecular complexity index is 2370. The van der Waals surface area contributed by atoms with Crippen LogP contribution in [0.2, 0.25) is 0 Å². The molecule has 0 radical (unpaired) electrons. The third-order valence-corrected chi connectivity index (χ3v) is 15.7. The Morgan fingerprint density at radius 3 is 2.24 bits per heavy atom. The van der Waals surface area contributed by atoms with Crippen LogP contribution < -0.4 is 27.1 Å². The van der Waals surface area contributed by atoms with Gasteiger partial charge in [-0.2, -0.15) is 0 Å². The zero-order chi connectivity index (χ0) is 49.9. The molecule has 0 saturated carbocycles. The molecule has 1 unspecified atom stereocenters. The molecule has 4 aliphatic rings. The lowest BCUT2D eigenvalue weighted by atomic mass is 9.92. The second kappa shape index (κ2) is 24.6. The van der Waals surface area contributed by atoms with E-state index < -0.39 is 24.2 Å². The normalized spacial score (nSPS) is 23.0. The van der Waals surface area contributed by atoms with Crippen LogP contribution in [-0.4, -0.2) is 127 Å². The highest BCUT2D eigenvalue weighted by Gasteiger charge is 2.46. The number of rotatable bonds is 21. The molecule has 5 heterocycles. The number of benzene rings is 3. The number of amidine groups is 1. The van der Waals surface area contributed by atoms with Crippen LogP contribution >= 0.6 is 11.8 Å². The first-order chi connectivity index (χ1) is 34.5. The molecule has 0 bridgehead atoms. The molecular formula is C53H72N12O5S. The van der Waals surface area contributed by atoms with Gasteiger partial charge in [0.05, 0.1) is 43.6 Å². The predicted octanol–water partition coefficient (Wildman–Crippen LogP) is 5.00. The minimum Gasteiger partial charge on any atom is -0.369 e. The van der Waals surface area contributed by atoms with Crippen LogP contribution in [0.25, 0.3) is 0 Å². The van der Waals surface area contributed by atoms with Crippen LogP contribution in [-0.2, 0) is 37.1 Å². The molecule has 4 amide bonds. The average Bonchev–Trinajstić information content (AvgIpc) is 4.23. The SMILES string of the molecule is CCC(N)C(=O)N[C@@H]1C(=O)N2[C@@H](CC[C@@H]1Cn1cc(CO[C@H](C)[C@H](NC(=O)[C@H](C)CC)C(=O)N3CCC[C@H]3CN3NCN=C3Sc3ccccc3)nn1)CC[C@H]2CNC(c1ccccc1)c1ccccc1. The number of nitrogens with two attached hydrogens (primary N) is 1. The Morgan fingerprint density at radius 1 is 0.859 bits per heavy atom. The summed E-state index contributed by atoms with van der Waals surface area (Å²) in [6.45, 7) is 10.0. The number of amides is 4. The lowest BCUT2D eigenvalue weighted by molar-refractivity contribution is -0.142. The van der Waals surface area contributed by atoms with Crippen molar-refractivity contribution in [1.29, 1.82) is 0 Å². The lowest BCUT2D eigenvalue weighted by Crippen LogP contribution is -2.57. The summed E-state index contributed by atoms with van der Waals surface area (Å²) in [7, 11) is 0. The van der Waals surface area contributed by atoms with Crippen molar-refractivity contribution in [2.24, 2.45) is 22.6 Å². The first kappa shape index (κ1) is 51.7. The highest BCUT2D eigenvalue weighted by Crippen LogP contribution is 2.35. The first-order valence-electron chi connectivity index (χ1n) is 25.6. The minimum atomic E-state index is -0.933. The molecule has 9 atom stereocenters. The Morgan fingerprint density at radius 2 is 1.55 bits per heavy atom. The van der Waals surface area contributed by atoms with Crippen molar-refractivity contribution in [2.75, 3.05) is 26.3 Å². The molecule has 0 aliphatic carbocycles. The fourth-order valence-electron chi connectivity index (χ4n) is 10.3. The van der Waals surface area contributed by atoms with Gasteiger partial charge in [-0.15, -0.1) is 5.10 Å². The number of thioether (sulfide) groups is 1. The number of likely N-dealkylation sites (tertiary alicyclic amines) is 1. The number of nitrogens with zero attached hydrogens (tertiary/aromatic N) is 7. The molecule has 0 spiro atoms. The topological polar surface area (TPSA) is 204 Å². The Kier molecular flexibility index (Phi) is 17.9. The van der Waals surface area contributed by atoms with Gasteiger partial charge in [0.1, 0.15) is 24.4 Å². The number of aromatic nitrogens is 3. The highest BCUT2D eigenvalue weighted by atomic mass is 32.2. The molecule has 4 aliphatic heterocycles. The molecule has 71 heavy (non-hydrogen) atoms. The fraction of sp³-hybridized carbons (Fsp3) is 0.528. The molecule has 6 N–H and O–H groups in total. The largest absolute Gasteiger partial charge is 0.369 e. The number of aliphatic imine (C=N–C) groups is 1. The average molecular weight is 989 g/mol. The van der Waals surface area contributed by atoms with Gasteiger partial charge in [-0.05, 0) is 81.5 Å². The van der Waals surface area contributed by atoms with E-state index in [2.05, 4.69) is 73.1 Å². The maximum atomic E-state index is 14.9. The standard InChI is InChI=1S/C53H72N12O5S/c1-5-35(3)49(66)58-46(51(68)63-28-16-21-43(63)32-64-53(56-34-57-64)71-44-22-14-9-15-23-44)36(4)70-33-40-31-62(61-60-40)30-39-24-25-41-26-27-42(65(41)52(69)48(39)59-50(67)45(54)6-2)29-55-47(37-17-10-7-11-18-37)38-19-12-8-13-20-38/h7-15,17-20,22-23,31,35-36,39,41-43,45-48,55,57H,5-6,16,21,24-30,32-34,54H2,1-4H3,(H,58,66)(H,59,67)/t35-,36-,39-,41+,42+,43+,45?,46+,48+/m1/s1. The number of hydrogen-bond acceptors (Lipinski definition) is 13. The quantitative estimate of drug-likeness (QED) is 0.0749. The molecule has 3 aromatic carbocycles. The third-order valence-electron chi connectivity index (χ3n) is 14.7. The molecule has 1 aromatic heterocycles. The van der Waals surface area contributed by atoms with Gasteiger partial charge < -0.3 is 36.2 Å². The summed E-state index contributed by atoms with van der Waals surface area (Å²) in [5.74, 6) is -1.42. The molecule has 4 aromatic rings. The summed E-state index contributed by atoms with van der Waals surface area (Å²) < 4.78 is 8.10. The van der Waals surface area contributed by atoms with Crippen LogP contribution in [0.3, 0.4) is 0 Å². The number of hydrazine groups is 1. The van der Waals surface area contributed by atoms with E-state index in [1.165, 1.54) is 0 Å². The third kappa shape index (κ3) is 12.9. The van der Waals surface area contributed by atoms with Gasteiger partial charge in [0.2, 0.25) is 23.6 Å². The van der Waals surface area contributed by atoms with Gasteiger partial charge in [0.25, 0.3) is 0 Å². The van der Waals surface area contributed by atoms with Crippen molar-refractivity contribution in [3.05, 3.63) is 114 Å². The van der Waals surface area contributed by atoms with Gasteiger partial charge in [0, 0.05) is 48.4 Å². The molecular weight excluding hydrogens is 917 g/mol. The molecule has 3 saturated heterocycles. The number of carbonyl (C=O) groups excluding carboxylic acids is 4. The van der Waals surface area contributed by atoms with Crippen molar-refractivity contribution in [3.63, 3.8) is 0 Å². The van der Waals surface area contributed by atoms with Crippen molar-refractivity contribution < 1.29 is 23.9 Å². The van der Waals surface area contributed by atoms with Gasteiger partial charge >= 0.3 is 0 Å². The summed E-state index contributed by atoms with van der Waals surface area (Å²) in [6, 6.07) is 28.1. The van der Waals surface area contributed by atoms with Gasteiger partial charge in [0.15, 0.2) is 5.17 Å². The van der Waals surface area contributed by atoms with Crippen LogP contribution in [0, 0.1) is 11.8 Å². The molecule has 17 nitrogen and oxygen atoms in total. The van der Waals surface area contributed by atoms with Crippen molar-refractivity contribution in [1.82, 2.24) is 51.2 Å². The minimum absolute atomic E-state index is 0.0361. The first-order valence-corrected chi connectivity index (χ1v) is 26.4. The lowest BCUT2D eigenvalue weighted by Gasteiger charge is -2.34. The van der Waals surface area contributed by atoms with Crippen LogP contribution in [0.1, 0.15) is 102 Å². The zero-order valence-electron chi connectivity index (χ0n) is 41.6. The van der Waals surface area contributed by atoms with Crippen LogP contribution in [0.5, 0.6) is 0 Å². The van der Waals surface area contributed by atoms with Crippen molar-refractivity contribution >= 4 is 40.6 Å². The molecule has 380 valence electrons. The highest BCUT2D eigenvalue weighted by molar-refractivity contribution is 8.13. The number of carbonyl (C=O) groups is 4. The van der Waals surface area contributed by atoms with E-state index in [-0.39, 0.29) is 66.2 Å². The van der Waals surface area contributed by atoms with E-state index in [1.807, 2.05) is 97.1 Å². The number of nitrogens with one attached hydrogen (secondary N) is 4. The van der Waals surface area contributed by atoms with E-state index in [0.29, 0.717) is 57.8 Å². The smallest absolute Gasteiger partial charge is 0.248 e. The second-order valence-corrected chi connectivity index (χ2v) is 20.5. The second-order valence-electron chi connectivity index (χ2n) is 19.5. The summed E-state index contributed by atoms with van der Waals surface area (Å²) >= 11 is 1.58. The van der Waals surface area contributed by atoms with E-state index in [1.54, 1.807) is 22.6 Å². The summed E-state index contributed by atoms with van der Waals surface area (Å²) in [5, 5.41) is 21.7.